The third-order valence-electron chi connectivity index (χ3n) is 3.54. The summed E-state index contributed by atoms with van der Waals surface area (Å²) in [5.74, 6) is -0.373. The fourth-order valence-corrected chi connectivity index (χ4v) is 2.05. The van der Waals surface area contributed by atoms with E-state index in [0.29, 0.717) is 18.5 Å². The second-order valence-corrected chi connectivity index (χ2v) is 5.58. The van der Waals surface area contributed by atoms with Crippen molar-refractivity contribution in [2.75, 3.05) is 5.32 Å². The van der Waals surface area contributed by atoms with E-state index in [2.05, 4.69) is 5.32 Å². The Kier molecular flexibility index (Phi) is 4.76. The lowest BCUT2D eigenvalue weighted by Crippen LogP contribution is -2.40. The number of carbonyl (C=O) groups excluding carboxylic acids is 1. The SMILES string of the molecule is Cc1ccc(NC(=O)[C@@](C)(O)CCc2ccccc2)cc1. The first-order valence-electron chi connectivity index (χ1n) is 7.12. The lowest BCUT2D eigenvalue weighted by Gasteiger charge is -2.22. The van der Waals surface area contributed by atoms with Gasteiger partial charge in [-0.2, -0.15) is 0 Å². The summed E-state index contributed by atoms with van der Waals surface area (Å²) in [6, 6.07) is 17.4. The molecule has 2 rings (SSSR count). The van der Waals surface area contributed by atoms with Gasteiger partial charge in [-0.25, -0.2) is 0 Å². The van der Waals surface area contributed by atoms with Crippen molar-refractivity contribution < 1.29 is 9.90 Å². The molecule has 0 unspecified atom stereocenters. The summed E-state index contributed by atoms with van der Waals surface area (Å²) >= 11 is 0. The first kappa shape index (κ1) is 15.3. The van der Waals surface area contributed by atoms with Gasteiger partial charge in [0.05, 0.1) is 0 Å². The van der Waals surface area contributed by atoms with Gasteiger partial charge in [0.2, 0.25) is 0 Å². The first-order valence-corrected chi connectivity index (χ1v) is 7.12. The molecule has 0 radical (unpaired) electrons. The molecule has 3 heteroatoms. The molecule has 3 nitrogen and oxygen atoms in total. The van der Waals surface area contributed by atoms with E-state index in [1.165, 1.54) is 0 Å². The summed E-state index contributed by atoms with van der Waals surface area (Å²) in [6.07, 6.45) is 1.05. The molecule has 0 aliphatic carbocycles. The number of amides is 1. The number of nitrogens with one attached hydrogen (secondary N) is 1. The Labute approximate surface area is 125 Å². The average Bonchev–Trinajstić information content (AvgIpc) is 2.48. The van der Waals surface area contributed by atoms with Crippen molar-refractivity contribution in [2.45, 2.75) is 32.3 Å². The summed E-state index contributed by atoms with van der Waals surface area (Å²) in [7, 11) is 0. The highest BCUT2D eigenvalue weighted by molar-refractivity contribution is 5.96. The van der Waals surface area contributed by atoms with E-state index in [4.69, 9.17) is 0 Å². The average molecular weight is 283 g/mol. The van der Waals surface area contributed by atoms with Gasteiger partial charge in [0.15, 0.2) is 0 Å². The molecule has 0 saturated heterocycles. The quantitative estimate of drug-likeness (QED) is 0.884. The number of aliphatic hydroxyl groups is 1. The van der Waals surface area contributed by atoms with Gasteiger partial charge in [-0.3, -0.25) is 4.79 Å². The zero-order valence-corrected chi connectivity index (χ0v) is 12.5. The summed E-state index contributed by atoms with van der Waals surface area (Å²) in [6.45, 7) is 3.54. The fourth-order valence-electron chi connectivity index (χ4n) is 2.05. The van der Waals surface area contributed by atoms with Gasteiger partial charge >= 0.3 is 0 Å². The molecule has 0 fully saturated rings. The van der Waals surface area contributed by atoms with Gasteiger partial charge in [0.1, 0.15) is 5.60 Å². The monoisotopic (exact) mass is 283 g/mol. The Morgan fingerprint density at radius 2 is 1.71 bits per heavy atom. The molecule has 0 spiro atoms. The smallest absolute Gasteiger partial charge is 0.256 e. The molecule has 110 valence electrons. The summed E-state index contributed by atoms with van der Waals surface area (Å²) in [5, 5.41) is 13.1. The normalized spacial score (nSPS) is 13.5. The van der Waals surface area contributed by atoms with Crippen LogP contribution < -0.4 is 5.32 Å². The predicted octanol–water partition coefficient (Wildman–Crippen LogP) is 3.32. The highest BCUT2D eigenvalue weighted by atomic mass is 16.3. The molecule has 0 saturated carbocycles. The van der Waals surface area contributed by atoms with Gasteiger partial charge in [0, 0.05) is 5.69 Å². The van der Waals surface area contributed by atoms with Gasteiger partial charge in [-0.1, -0.05) is 48.0 Å². The molecule has 1 amide bonds. The molecule has 0 aliphatic heterocycles. The van der Waals surface area contributed by atoms with E-state index in [0.717, 1.165) is 11.1 Å². The van der Waals surface area contributed by atoms with E-state index < -0.39 is 5.60 Å². The number of aryl methyl sites for hydroxylation is 2. The summed E-state index contributed by atoms with van der Waals surface area (Å²) in [5.41, 5.74) is 1.55. The molecule has 21 heavy (non-hydrogen) atoms. The second kappa shape index (κ2) is 6.55. The van der Waals surface area contributed by atoms with Crippen LogP contribution >= 0.6 is 0 Å². The first-order chi connectivity index (χ1) is 9.97. The number of carbonyl (C=O) groups is 1. The van der Waals surface area contributed by atoms with E-state index in [1.807, 2.05) is 61.5 Å². The van der Waals surface area contributed by atoms with Crippen LogP contribution in [0, 0.1) is 6.92 Å². The van der Waals surface area contributed by atoms with Crippen LogP contribution in [-0.2, 0) is 11.2 Å². The van der Waals surface area contributed by atoms with Crippen LogP contribution in [0.2, 0.25) is 0 Å². The standard InChI is InChI=1S/C18H21NO2/c1-14-8-10-16(11-9-14)19-17(20)18(2,21)13-12-15-6-4-3-5-7-15/h3-11,21H,12-13H2,1-2H3,(H,19,20)/t18-/m0/s1. The minimum atomic E-state index is -1.39. The Morgan fingerprint density at radius 1 is 1.10 bits per heavy atom. The Hall–Kier alpha value is -2.13. The van der Waals surface area contributed by atoms with Gasteiger partial charge in [0.25, 0.3) is 5.91 Å². The largest absolute Gasteiger partial charge is 0.380 e. The van der Waals surface area contributed by atoms with E-state index in [1.54, 1.807) is 6.92 Å². The van der Waals surface area contributed by atoms with Gasteiger partial charge < -0.3 is 10.4 Å². The molecule has 0 bridgehead atoms. The van der Waals surface area contributed by atoms with Crippen LogP contribution in [0.3, 0.4) is 0 Å². The summed E-state index contributed by atoms with van der Waals surface area (Å²) < 4.78 is 0. The second-order valence-electron chi connectivity index (χ2n) is 5.58. The number of hydrogen-bond acceptors (Lipinski definition) is 2. The summed E-state index contributed by atoms with van der Waals surface area (Å²) in [4.78, 5) is 12.2. The highest BCUT2D eigenvalue weighted by Crippen LogP contribution is 2.17. The molecule has 2 aromatic carbocycles. The van der Waals surface area contributed by atoms with E-state index in [9.17, 15) is 9.90 Å². The van der Waals surface area contributed by atoms with Crippen LogP contribution in [0.1, 0.15) is 24.5 Å². The van der Waals surface area contributed by atoms with Crippen molar-refractivity contribution in [2.24, 2.45) is 0 Å². The third kappa shape index (κ3) is 4.43. The lowest BCUT2D eigenvalue weighted by molar-refractivity contribution is -0.132. The van der Waals surface area contributed by atoms with Crippen molar-refractivity contribution in [1.29, 1.82) is 0 Å². The minimum Gasteiger partial charge on any atom is -0.380 e. The zero-order valence-electron chi connectivity index (χ0n) is 12.5. The van der Waals surface area contributed by atoms with Crippen LogP contribution in [-0.4, -0.2) is 16.6 Å². The fraction of sp³-hybridized carbons (Fsp3) is 0.278. The van der Waals surface area contributed by atoms with Gasteiger partial charge in [-0.05, 0) is 44.4 Å². The number of hydrogen-bond donors (Lipinski definition) is 2. The third-order valence-corrected chi connectivity index (χ3v) is 3.54. The molecule has 2 N–H and O–H groups in total. The molecule has 1 atom stereocenters. The van der Waals surface area contributed by atoms with Crippen LogP contribution in [0.15, 0.2) is 54.6 Å². The number of rotatable bonds is 5. The molecule has 0 aliphatic rings. The maximum atomic E-state index is 12.2. The van der Waals surface area contributed by atoms with E-state index in [-0.39, 0.29) is 5.91 Å². The number of benzene rings is 2. The molecular weight excluding hydrogens is 262 g/mol. The molecule has 0 aromatic heterocycles. The maximum Gasteiger partial charge on any atom is 0.256 e. The Balaban J connectivity index is 1.95. The zero-order chi connectivity index (χ0) is 15.3. The Morgan fingerprint density at radius 3 is 2.33 bits per heavy atom. The highest BCUT2D eigenvalue weighted by Gasteiger charge is 2.29. The van der Waals surface area contributed by atoms with Crippen molar-refractivity contribution in [3.8, 4) is 0 Å². The topological polar surface area (TPSA) is 49.3 Å². The van der Waals surface area contributed by atoms with Crippen molar-refractivity contribution >= 4 is 11.6 Å². The molecular formula is C18H21NO2. The van der Waals surface area contributed by atoms with Gasteiger partial charge in [-0.15, -0.1) is 0 Å². The Bertz CT molecular complexity index is 588. The van der Waals surface area contributed by atoms with E-state index >= 15 is 0 Å². The van der Waals surface area contributed by atoms with Crippen molar-refractivity contribution in [3.63, 3.8) is 0 Å². The van der Waals surface area contributed by atoms with Crippen LogP contribution in [0.4, 0.5) is 5.69 Å². The van der Waals surface area contributed by atoms with Crippen molar-refractivity contribution in [1.82, 2.24) is 0 Å². The van der Waals surface area contributed by atoms with Crippen molar-refractivity contribution in [3.05, 3.63) is 65.7 Å². The minimum absolute atomic E-state index is 0.373. The van der Waals surface area contributed by atoms with Crippen LogP contribution in [0.25, 0.3) is 0 Å². The maximum absolute atomic E-state index is 12.2. The van der Waals surface area contributed by atoms with Crippen LogP contribution in [0.5, 0.6) is 0 Å². The number of anilines is 1. The molecule has 2 aromatic rings. The lowest BCUT2D eigenvalue weighted by atomic mass is 9.96. The predicted molar refractivity (Wildman–Crippen MR) is 85.2 cm³/mol. The molecule has 0 heterocycles.